The van der Waals surface area contributed by atoms with E-state index in [-0.39, 0.29) is 0 Å². The summed E-state index contributed by atoms with van der Waals surface area (Å²) in [7, 11) is 0. The minimum absolute atomic E-state index is 0.414. The number of alkyl halides is 1. The molecule has 114 valence electrons. The number of halogens is 2. The first-order valence-electron chi connectivity index (χ1n) is 7.27. The monoisotopic (exact) mass is 363 g/mol. The van der Waals surface area contributed by atoms with E-state index >= 15 is 0 Å². The van der Waals surface area contributed by atoms with E-state index in [1.165, 1.54) is 0 Å². The van der Waals surface area contributed by atoms with Crippen LogP contribution in [0, 0.1) is 6.92 Å². The third-order valence-electron chi connectivity index (χ3n) is 3.79. The largest absolute Gasteiger partial charge is 0.377 e. The summed E-state index contributed by atoms with van der Waals surface area (Å²) in [5, 5.41) is 6.22. The van der Waals surface area contributed by atoms with Gasteiger partial charge in [-0.25, -0.2) is 0 Å². The van der Waals surface area contributed by atoms with Crippen LogP contribution in [0.4, 0.5) is 0 Å². The second-order valence-corrected chi connectivity index (χ2v) is 6.37. The number of piperidine rings is 1. The van der Waals surface area contributed by atoms with Gasteiger partial charge in [0.1, 0.15) is 0 Å². The van der Waals surface area contributed by atoms with E-state index in [1.54, 1.807) is 0 Å². The van der Waals surface area contributed by atoms with Crippen molar-refractivity contribution >= 4 is 27.5 Å². The Morgan fingerprint density at radius 3 is 2.70 bits per heavy atom. The summed E-state index contributed by atoms with van der Waals surface area (Å²) < 4.78 is 7.81. The van der Waals surface area contributed by atoms with Crippen molar-refractivity contribution in [2.75, 3.05) is 25.0 Å². The van der Waals surface area contributed by atoms with Gasteiger partial charge in [-0.05, 0) is 26.7 Å². The van der Waals surface area contributed by atoms with Gasteiger partial charge >= 0.3 is 0 Å². The zero-order chi connectivity index (χ0) is 14.5. The van der Waals surface area contributed by atoms with Gasteiger partial charge in [0.15, 0.2) is 0 Å². The Morgan fingerprint density at radius 2 is 2.10 bits per heavy atom. The zero-order valence-electron chi connectivity index (χ0n) is 12.2. The topological polar surface area (TPSA) is 30.3 Å². The SMILES string of the molecule is CCn1nc(C)c(Cl)c1CN1CCC(OCCBr)CC1. The van der Waals surface area contributed by atoms with Gasteiger partial charge < -0.3 is 4.74 Å². The minimum atomic E-state index is 0.414. The van der Waals surface area contributed by atoms with E-state index in [0.717, 1.165) is 67.4 Å². The van der Waals surface area contributed by atoms with Crippen molar-refractivity contribution in [1.82, 2.24) is 14.7 Å². The van der Waals surface area contributed by atoms with Gasteiger partial charge in [0, 0.05) is 31.5 Å². The lowest BCUT2D eigenvalue weighted by molar-refractivity contribution is 0.0136. The highest BCUT2D eigenvalue weighted by atomic mass is 79.9. The number of nitrogens with zero attached hydrogens (tertiary/aromatic N) is 3. The molecule has 0 amide bonds. The van der Waals surface area contributed by atoms with Crippen molar-refractivity contribution in [2.24, 2.45) is 0 Å². The molecule has 0 bridgehead atoms. The maximum atomic E-state index is 6.37. The maximum absolute atomic E-state index is 6.37. The molecular weight excluding hydrogens is 342 g/mol. The molecule has 0 saturated carbocycles. The summed E-state index contributed by atoms with van der Waals surface area (Å²) in [5.41, 5.74) is 2.07. The first-order valence-corrected chi connectivity index (χ1v) is 8.77. The lowest BCUT2D eigenvalue weighted by atomic mass is 10.1. The van der Waals surface area contributed by atoms with E-state index in [9.17, 15) is 0 Å². The Labute approximate surface area is 134 Å². The second-order valence-electron chi connectivity index (χ2n) is 5.20. The first kappa shape index (κ1) is 16.3. The standard InChI is InChI=1S/C14H23BrClN3O/c1-3-19-13(14(16)11(2)17-19)10-18-7-4-12(5-8-18)20-9-6-15/h12H,3-10H2,1-2H3. The van der Waals surface area contributed by atoms with Crippen LogP contribution in [0.25, 0.3) is 0 Å². The van der Waals surface area contributed by atoms with Gasteiger partial charge in [-0.3, -0.25) is 9.58 Å². The van der Waals surface area contributed by atoms with Gasteiger partial charge in [0.2, 0.25) is 0 Å². The third-order valence-corrected chi connectivity index (χ3v) is 4.61. The molecule has 0 aliphatic carbocycles. The molecule has 1 fully saturated rings. The fourth-order valence-corrected chi connectivity index (χ4v) is 3.06. The molecule has 6 heteroatoms. The molecule has 0 aromatic carbocycles. The number of hydrogen-bond donors (Lipinski definition) is 0. The second kappa shape index (κ2) is 7.78. The quantitative estimate of drug-likeness (QED) is 0.726. The molecule has 2 heterocycles. The summed E-state index contributed by atoms with van der Waals surface area (Å²) in [6, 6.07) is 0. The first-order chi connectivity index (χ1) is 9.65. The molecule has 1 aliphatic rings. The number of likely N-dealkylation sites (tertiary alicyclic amines) is 1. The number of aromatic nitrogens is 2. The highest BCUT2D eigenvalue weighted by Gasteiger charge is 2.22. The predicted octanol–water partition coefficient (Wildman–Crippen LogP) is 3.24. The maximum Gasteiger partial charge on any atom is 0.0860 e. The van der Waals surface area contributed by atoms with Crippen molar-refractivity contribution in [3.8, 4) is 0 Å². The van der Waals surface area contributed by atoms with Crippen molar-refractivity contribution in [2.45, 2.75) is 45.9 Å². The fraction of sp³-hybridized carbons (Fsp3) is 0.786. The van der Waals surface area contributed by atoms with Crippen LogP contribution in [-0.4, -0.2) is 45.8 Å². The van der Waals surface area contributed by atoms with Crippen LogP contribution in [-0.2, 0) is 17.8 Å². The van der Waals surface area contributed by atoms with Gasteiger partial charge in [0.05, 0.1) is 29.1 Å². The molecule has 1 aromatic rings. The molecule has 2 rings (SSSR count). The van der Waals surface area contributed by atoms with Gasteiger partial charge in [-0.15, -0.1) is 0 Å². The molecule has 0 unspecified atom stereocenters. The highest BCUT2D eigenvalue weighted by Crippen LogP contribution is 2.23. The average Bonchev–Trinajstić information content (AvgIpc) is 2.74. The normalized spacial score (nSPS) is 17.8. The number of hydrogen-bond acceptors (Lipinski definition) is 3. The lowest BCUT2D eigenvalue weighted by Gasteiger charge is -2.31. The summed E-state index contributed by atoms with van der Waals surface area (Å²) in [4.78, 5) is 2.45. The van der Waals surface area contributed by atoms with E-state index in [4.69, 9.17) is 16.3 Å². The molecule has 4 nitrogen and oxygen atoms in total. The Balaban J connectivity index is 1.89. The molecular formula is C14H23BrClN3O. The number of aryl methyl sites for hydroxylation is 2. The van der Waals surface area contributed by atoms with E-state index in [2.05, 4.69) is 32.9 Å². The van der Waals surface area contributed by atoms with E-state index < -0.39 is 0 Å². The highest BCUT2D eigenvalue weighted by molar-refractivity contribution is 9.09. The Bertz CT molecular complexity index is 430. The van der Waals surface area contributed by atoms with Gasteiger partial charge in [-0.1, -0.05) is 27.5 Å². The molecule has 0 N–H and O–H groups in total. The van der Waals surface area contributed by atoms with Crippen molar-refractivity contribution < 1.29 is 4.74 Å². The number of rotatable bonds is 6. The van der Waals surface area contributed by atoms with Crippen LogP contribution < -0.4 is 0 Å². The summed E-state index contributed by atoms with van der Waals surface area (Å²) in [6.45, 7) is 8.77. The van der Waals surface area contributed by atoms with Crippen LogP contribution >= 0.6 is 27.5 Å². The Morgan fingerprint density at radius 1 is 1.40 bits per heavy atom. The van der Waals surface area contributed by atoms with Crippen LogP contribution in [0.3, 0.4) is 0 Å². The molecule has 1 aliphatic heterocycles. The molecule has 1 saturated heterocycles. The van der Waals surface area contributed by atoms with Crippen LogP contribution in [0.15, 0.2) is 0 Å². The van der Waals surface area contributed by atoms with E-state index in [0.29, 0.717) is 6.10 Å². The van der Waals surface area contributed by atoms with Crippen LogP contribution in [0.2, 0.25) is 5.02 Å². The predicted molar refractivity (Wildman–Crippen MR) is 85.7 cm³/mol. The molecule has 20 heavy (non-hydrogen) atoms. The van der Waals surface area contributed by atoms with E-state index in [1.807, 2.05) is 11.6 Å². The molecule has 0 spiro atoms. The van der Waals surface area contributed by atoms with Crippen molar-refractivity contribution in [3.63, 3.8) is 0 Å². The van der Waals surface area contributed by atoms with Crippen LogP contribution in [0.1, 0.15) is 31.2 Å². The average molecular weight is 365 g/mol. The summed E-state index contributed by atoms with van der Waals surface area (Å²) in [6.07, 6.45) is 2.62. The van der Waals surface area contributed by atoms with Gasteiger partial charge in [0.25, 0.3) is 0 Å². The summed E-state index contributed by atoms with van der Waals surface area (Å²) >= 11 is 9.77. The molecule has 1 aromatic heterocycles. The smallest absolute Gasteiger partial charge is 0.0860 e. The fourth-order valence-electron chi connectivity index (χ4n) is 2.68. The van der Waals surface area contributed by atoms with Crippen molar-refractivity contribution in [3.05, 3.63) is 16.4 Å². The third kappa shape index (κ3) is 3.97. The van der Waals surface area contributed by atoms with Gasteiger partial charge in [-0.2, -0.15) is 5.10 Å². The van der Waals surface area contributed by atoms with Crippen LogP contribution in [0.5, 0.6) is 0 Å². The summed E-state index contributed by atoms with van der Waals surface area (Å²) in [5.74, 6) is 0. The number of ether oxygens (including phenoxy) is 1. The lowest BCUT2D eigenvalue weighted by Crippen LogP contribution is -2.37. The zero-order valence-corrected chi connectivity index (χ0v) is 14.6. The minimum Gasteiger partial charge on any atom is -0.377 e. The Hall–Kier alpha value is -0.100. The van der Waals surface area contributed by atoms with Crippen molar-refractivity contribution in [1.29, 1.82) is 0 Å². The Kier molecular flexibility index (Phi) is 6.33. The molecule has 0 radical (unpaired) electrons. The molecule has 0 atom stereocenters.